The molecule has 2 heteroatoms. The van der Waals surface area contributed by atoms with E-state index in [1.54, 1.807) is 0 Å². The standard InChI is InChI=1S/C9H17NO/c1-7(2)5-6-8(3)10-9(4)11/h8H,1,5-6H2,2-4H3,(H,10,11). The molecule has 0 radical (unpaired) electrons. The summed E-state index contributed by atoms with van der Waals surface area (Å²) in [6.45, 7) is 9.34. The lowest BCUT2D eigenvalue weighted by Gasteiger charge is -2.11. The van der Waals surface area contributed by atoms with Crippen molar-refractivity contribution in [1.29, 1.82) is 0 Å². The van der Waals surface area contributed by atoms with Crippen LogP contribution in [-0.4, -0.2) is 11.9 Å². The van der Waals surface area contributed by atoms with Crippen LogP contribution in [0.4, 0.5) is 0 Å². The van der Waals surface area contributed by atoms with Gasteiger partial charge in [0, 0.05) is 13.0 Å². The molecule has 0 aromatic rings. The van der Waals surface area contributed by atoms with Gasteiger partial charge < -0.3 is 5.32 Å². The van der Waals surface area contributed by atoms with Crippen LogP contribution in [0.5, 0.6) is 0 Å². The van der Waals surface area contributed by atoms with Gasteiger partial charge in [0.1, 0.15) is 0 Å². The van der Waals surface area contributed by atoms with Gasteiger partial charge in [0.2, 0.25) is 5.91 Å². The normalized spacial score (nSPS) is 12.3. The summed E-state index contributed by atoms with van der Waals surface area (Å²) in [6.07, 6.45) is 1.97. The van der Waals surface area contributed by atoms with E-state index < -0.39 is 0 Å². The second-order valence-corrected chi connectivity index (χ2v) is 3.10. The number of nitrogens with one attached hydrogen (secondary N) is 1. The fourth-order valence-electron chi connectivity index (χ4n) is 0.882. The number of hydrogen-bond donors (Lipinski definition) is 1. The largest absolute Gasteiger partial charge is 0.354 e. The molecule has 0 saturated carbocycles. The zero-order valence-corrected chi connectivity index (χ0v) is 7.61. The van der Waals surface area contributed by atoms with Crippen molar-refractivity contribution in [2.75, 3.05) is 0 Å². The number of rotatable bonds is 4. The van der Waals surface area contributed by atoms with Crippen LogP contribution in [0, 0.1) is 0 Å². The van der Waals surface area contributed by atoms with E-state index in [4.69, 9.17) is 0 Å². The molecule has 0 aromatic carbocycles. The molecule has 1 amide bonds. The molecule has 0 heterocycles. The first-order chi connectivity index (χ1) is 5.02. The zero-order chi connectivity index (χ0) is 8.85. The zero-order valence-electron chi connectivity index (χ0n) is 7.61. The molecule has 0 aliphatic heterocycles. The van der Waals surface area contributed by atoms with Gasteiger partial charge >= 0.3 is 0 Å². The summed E-state index contributed by atoms with van der Waals surface area (Å²) >= 11 is 0. The summed E-state index contributed by atoms with van der Waals surface area (Å²) in [5.74, 6) is 0.0409. The van der Waals surface area contributed by atoms with Crippen LogP contribution in [0.2, 0.25) is 0 Å². The Bertz CT molecular complexity index is 152. The molecule has 64 valence electrons. The van der Waals surface area contributed by atoms with Gasteiger partial charge in [-0.25, -0.2) is 0 Å². The fourth-order valence-corrected chi connectivity index (χ4v) is 0.882. The highest BCUT2D eigenvalue weighted by Gasteiger charge is 2.01. The van der Waals surface area contributed by atoms with Crippen LogP contribution in [0.15, 0.2) is 12.2 Å². The highest BCUT2D eigenvalue weighted by atomic mass is 16.1. The summed E-state index contributed by atoms with van der Waals surface area (Å²) in [7, 11) is 0. The van der Waals surface area contributed by atoms with E-state index in [0.29, 0.717) is 0 Å². The molecule has 1 unspecified atom stereocenters. The van der Waals surface area contributed by atoms with E-state index in [1.165, 1.54) is 12.5 Å². The summed E-state index contributed by atoms with van der Waals surface area (Å²) in [6, 6.07) is 0.268. The third kappa shape index (κ3) is 7.10. The minimum atomic E-state index is 0.0409. The van der Waals surface area contributed by atoms with E-state index in [-0.39, 0.29) is 11.9 Å². The average molecular weight is 155 g/mol. The van der Waals surface area contributed by atoms with Crippen molar-refractivity contribution in [2.45, 2.75) is 39.7 Å². The molecule has 0 aliphatic rings. The second-order valence-electron chi connectivity index (χ2n) is 3.10. The average Bonchev–Trinajstić information content (AvgIpc) is 1.82. The van der Waals surface area contributed by atoms with E-state index >= 15 is 0 Å². The molecule has 0 rings (SSSR count). The Kier molecular flexibility index (Phi) is 4.59. The van der Waals surface area contributed by atoms with E-state index in [0.717, 1.165) is 12.8 Å². The van der Waals surface area contributed by atoms with Gasteiger partial charge in [0.25, 0.3) is 0 Å². The Morgan fingerprint density at radius 1 is 1.55 bits per heavy atom. The van der Waals surface area contributed by atoms with Crippen molar-refractivity contribution in [2.24, 2.45) is 0 Å². The van der Waals surface area contributed by atoms with E-state index in [9.17, 15) is 4.79 Å². The molecule has 0 saturated heterocycles. The third-order valence-electron chi connectivity index (χ3n) is 1.45. The molecule has 0 aliphatic carbocycles. The highest BCUT2D eigenvalue weighted by molar-refractivity contribution is 5.73. The number of carbonyl (C=O) groups is 1. The molecule has 1 atom stereocenters. The minimum absolute atomic E-state index is 0.0409. The van der Waals surface area contributed by atoms with Crippen molar-refractivity contribution < 1.29 is 4.79 Å². The van der Waals surface area contributed by atoms with Gasteiger partial charge in [-0.3, -0.25) is 4.79 Å². The Balaban J connectivity index is 3.44. The predicted molar refractivity (Wildman–Crippen MR) is 47.3 cm³/mol. The van der Waals surface area contributed by atoms with Gasteiger partial charge in [-0.05, 0) is 26.7 Å². The SMILES string of the molecule is C=C(C)CCC(C)NC(C)=O. The van der Waals surface area contributed by atoms with Crippen LogP contribution < -0.4 is 5.32 Å². The molecule has 0 spiro atoms. The molecule has 0 aromatic heterocycles. The number of allylic oxidation sites excluding steroid dienone is 1. The maximum atomic E-state index is 10.6. The van der Waals surface area contributed by atoms with Crippen LogP contribution >= 0.6 is 0 Å². The van der Waals surface area contributed by atoms with Crippen molar-refractivity contribution in [1.82, 2.24) is 5.32 Å². The predicted octanol–water partition coefficient (Wildman–Crippen LogP) is 1.87. The lowest BCUT2D eigenvalue weighted by molar-refractivity contribution is -0.119. The van der Waals surface area contributed by atoms with Gasteiger partial charge in [-0.15, -0.1) is 6.58 Å². The van der Waals surface area contributed by atoms with Crippen molar-refractivity contribution in [3.8, 4) is 0 Å². The first kappa shape index (κ1) is 10.2. The molecule has 0 bridgehead atoms. The topological polar surface area (TPSA) is 29.1 Å². The molecule has 1 N–H and O–H groups in total. The summed E-state index contributed by atoms with van der Waals surface area (Å²) in [5, 5.41) is 2.82. The Morgan fingerprint density at radius 3 is 2.45 bits per heavy atom. The number of carbonyl (C=O) groups excluding carboxylic acids is 1. The van der Waals surface area contributed by atoms with E-state index in [2.05, 4.69) is 11.9 Å². The summed E-state index contributed by atoms with van der Waals surface area (Å²) in [4.78, 5) is 10.6. The lowest BCUT2D eigenvalue weighted by Crippen LogP contribution is -2.30. The van der Waals surface area contributed by atoms with Crippen LogP contribution in [0.3, 0.4) is 0 Å². The first-order valence-electron chi connectivity index (χ1n) is 3.94. The van der Waals surface area contributed by atoms with Crippen molar-refractivity contribution >= 4 is 5.91 Å². The lowest BCUT2D eigenvalue weighted by atomic mass is 10.1. The van der Waals surface area contributed by atoms with Crippen molar-refractivity contribution in [3.63, 3.8) is 0 Å². The van der Waals surface area contributed by atoms with Gasteiger partial charge in [0.05, 0.1) is 0 Å². The molecular formula is C9H17NO. The maximum Gasteiger partial charge on any atom is 0.217 e. The van der Waals surface area contributed by atoms with E-state index in [1.807, 2.05) is 13.8 Å². The Hall–Kier alpha value is -0.790. The Morgan fingerprint density at radius 2 is 2.09 bits per heavy atom. The molecule has 0 fully saturated rings. The van der Waals surface area contributed by atoms with Gasteiger partial charge in [-0.2, -0.15) is 0 Å². The monoisotopic (exact) mass is 155 g/mol. The van der Waals surface area contributed by atoms with Crippen LogP contribution in [-0.2, 0) is 4.79 Å². The first-order valence-corrected chi connectivity index (χ1v) is 3.94. The molecule has 11 heavy (non-hydrogen) atoms. The summed E-state index contributed by atoms with van der Waals surface area (Å²) in [5.41, 5.74) is 1.17. The minimum Gasteiger partial charge on any atom is -0.354 e. The number of amides is 1. The fraction of sp³-hybridized carbons (Fsp3) is 0.667. The van der Waals surface area contributed by atoms with Crippen LogP contribution in [0.1, 0.15) is 33.6 Å². The highest BCUT2D eigenvalue weighted by Crippen LogP contribution is 2.03. The smallest absolute Gasteiger partial charge is 0.217 e. The quantitative estimate of drug-likeness (QED) is 0.617. The third-order valence-corrected chi connectivity index (χ3v) is 1.45. The summed E-state index contributed by atoms with van der Waals surface area (Å²) < 4.78 is 0. The van der Waals surface area contributed by atoms with Crippen molar-refractivity contribution in [3.05, 3.63) is 12.2 Å². The maximum absolute atomic E-state index is 10.6. The Labute approximate surface area is 68.7 Å². The second kappa shape index (κ2) is 4.94. The molecular weight excluding hydrogens is 138 g/mol. The molecule has 2 nitrogen and oxygen atoms in total. The van der Waals surface area contributed by atoms with Gasteiger partial charge in [0.15, 0.2) is 0 Å². The van der Waals surface area contributed by atoms with Gasteiger partial charge in [-0.1, -0.05) is 5.57 Å². The van der Waals surface area contributed by atoms with Crippen LogP contribution in [0.25, 0.3) is 0 Å². The number of hydrogen-bond acceptors (Lipinski definition) is 1.